The van der Waals surface area contributed by atoms with Crippen molar-refractivity contribution >= 4 is 27.9 Å². The Bertz CT molecular complexity index is 1220. The van der Waals surface area contributed by atoms with Gasteiger partial charge < -0.3 is 14.3 Å². The van der Waals surface area contributed by atoms with E-state index in [0.29, 0.717) is 11.5 Å². The average Bonchev–Trinajstić information content (AvgIpc) is 3.40. The molecule has 0 fully saturated rings. The maximum absolute atomic E-state index is 12.7. The molecule has 0 atom stereocenters. The van der Waals surface area contributed by atoms with Gasteiger partial charge in [-0.25, -0.2) is 4.99 Å². The lowest BCUT2D eigenvalue weighted by Gasteiger charge is -2.10. The van der Waals surface area contributed by atoms with Crippen LogP contribution in [0.3, 0.4) is 0 Å². The highest BCUT2D eigenvalue weighted by molar-refractivity contribution is 7.14. The first-order chi connectivity index (χ1) is 14.7. The standard InChI is InChI=1S/C24H21N3O2S/c1-3-15-27-21(18-8-5-4-6-9-18)23(26-22(28)20-10-7-16-29-20)30-24(27)25-19-13-11-17(2)12-14-19/h3-14,16H,1,15H2,2H3,(H,26,28). The molecule has 0 bridgehead atoms. The fourth-order valence-corrected chi connectivity index (χ4v) is 4.14. The number of nitrogens with one attached hydrogen (secondary N) is 1. The molecule has 4 aromatic rings. The van der Waals surface area contributed by atoms with Crippen molar-refractivity contribution in [3.8, 4) is 11.3 Å². The van der Waals surface area contributed by atoms with Gasteiger partial charge in [-0.3, -0.25) is 4.79 Å². The van der Waals surface area contributed by atoms with Gasteiger partial charge in [0.15, 0.2) is 10.6 Å². The molecule has 5 nitrogen and oxygen atoms in total. The highest BCUT2D eigenvalue weighted by Crippen LogP contribution is 2.31. The van der Waals surface area contributed by atoms with Gasteiger partial charge in [0.1, 0.15) is 5.00 Å². The number of anilines is 1. The third kappa shape index (κ3) is 4.18. The van der Waals surface area contributed by atoms with Crippen LogP contribution in [0.5, 0.6) is 0 Å². The molecule has 0 aliphatic rings. The molecule has 6 heteroatoms. The Morgan fingerprint density at radius 1 is 1.13 bits per heavy atom. The third-order valence-electron chi connectivity index (χ3n) is 4.50. The van der Waals surface area contributed by atoms with E-state index in [1.54, 1.807) is 12.1 Å². The second-order valence-electron chi connectivity index (χ2n) is 6.71. The first-order valence-corrected chi connectivity index (χ1v) is 10.3. The quantitative estimate of drug-likeness (QED) is 0.405. The number of benzene rings is 2. The number of aromatic nitrogens is 1. The second-order valence-corrected chi connectivity index (χ2v) is 7.68. The number of amides is 1. The molecule has 2 aromatic heterocycles. The molecular formula is C24H21N3O2S. The lowest BCUT2D eigenvalue weighted by Crippen LogP contribution is -2.15. The Balaban J connectivity index is 1.88. The molecule has 0 aliphatic heterocycles. The fraction of sp³-hybridized carbons (Fsp3) is 0.0833. The summed E-state index contributed by atoms with van der Waals surface area (Å²) in [5, 5.41) is 3.70. The minimum absolute atomic E-state index is 0.259. The minimum Gasteiger partial charge on any atom is -0.459 e. The summed E-state index contributed by atoms with van der Waals surface area (Å²) < 4.78 is 7.31. The summed E-state index contributed by atoms with van der Waals surface area (Å²) >= 11 is 1.42. The van der Waals surface area contributed by atoms with Crippen molar-refractivity contribution in [3.63, 3.8) is 0 Å². The van der Waals surface area contributed by atoms with Crippen LogP contribution in [0.1, 0.15) is 16.1 Å². The van der Waals surface area contributed by atoms with Crippen LogP contribution in [-0.4, -0.2) is 10.5 Å². The van der Waals surface area contributed by atoms with Crippen LogP contribution in [0.25, 0.3) is 11.3 Å². The van der Waals surface area contributed by atoms with Gasteiger partial charge >= 0.3 is 0 Å². The zero-order chi connectivity index (χ0) is 20.9. The monoisotopic (exact) mass is 415 g/mol. The van der Waals surface area contributed by atoms with Gasteiger partial charge in [-0.2, -0.15) is 0 Å². The van der Waals surface area contributed by atoms with Crippen molar-refractivity contribution in [2.75, 3.05) is 5.32 Å². The van der Waals surface area contributed by atoms with Crippen LogP contribution in [0, 0.1) is 6.92 Å². The molecule has 0 saturated carbocycles. The number of nitrogens with zero attached hydrogens (tertiary/aromatic N) is 2. The number of allylic oxidation sites excluding steroid dienone is 1. The number of carbonyl (C=O) groups excluding carboxylic acids is 1. The third-order valence-corrected chi connectivity index (χ3v) is 5.49. The number of rotatable bonds is 6. The van der Waals surface area contributed by atoms with E-state index in [0.717, 1.165) is 21.7 Å². The number of thiazole rings is 1. The Hall–Kier alpha value is -3.64. The fourth-order valence-electron chi connectivity index (χ4n) is 3.06. The van der Waals surface area contributed by atoms with Crippen LogP contribution in [-0.2, 0) is 6.54 Å². The molecule has 0 unspecified atom stereocenters. The number of aryl methyl sites for hydroxylation is 1. The summed E-state index contributed by atoms with van der Waals surface area (Å²) in [5.74, 6) is -0.0409. The van der Waals surface area contributed by atoms with E-state index in [9.17, 15) is 4.79 Å². The predicted octanol–water partition coefficient (Wildman–Crippen LogP) is 5.79. The van der Waals surface area contributed by atoms with Gasteiger partial charge in [-0.15, -0.1) is 6.58 Å². The van der Waals surface area contributed by atoms with Crippen molar-refractivity contribution in [1.29, 1.82) is 0 Å². The van der Waals surface area contributed by atoms with Crippen molar-refractivity contribution in [3.05, 3.63) is 102 Å². The Morgan fingerprint density at radius 2 is 1.90 bits per heavy atom. The number of carbonyl (C=O) groups is 1. The maximum atomic E-state index is 12.7. The molecule has 4 rings (SSSR count). The summed E-state index contributed by atoms with van der Waals surface area (Å²) in [4.78, 5) is 18.3. The minimum atomic E-state index is -0.300. The summed E-state index contributed by atoms with van der Waals surface area (Å²) in [6, 6.07) is 21.3. The Morgan fingerprint density at radius 3 is 2.57 bits per heavy atom. The van der Waals surface area contributed by atoms with E-state index in [-0.39, 0.29) is 11.7 Å². The number of furan rings is 1. The summed E-state index contributed by atoms with van der Waals surface area (Å²) in [6.45, 7) is 6.50. The molecule has 1 amide bonds. The molecule has 1 N–H and O–H groups in total. The van der Waals surface area contributed by atoms with Gasteiger partial charge in [0, 0.05) is 12.1 Å². The first-order valence-electron chi connectivity index (χ1n) is 9.52. The zero-order valence-electron chi connectivity index (χ0n) is 16.5. The normalized spacial score (nSPS) is 11.4. The molecule has 30 heavy (non-hydrogen) atoms. The number of hydrogen-bond acceptors (Lipinski definition) is 4. The van der Waals surface area contributed by atoms with Crippen molar-refractivity contribution in [1.82, 2.24) is 4.57 Å². The van der Waals surface area contributed by atoms with E-state index >= 15 is 0 Å². The molecule has 150 valence electrons. The Labute approximate surface area is 178 Å². The molecule has 2 aromatic carbocycles. The highest BCUT2D eigenvalue weighted by atomic mass is 32.1. The number of hydrogen-bond donors (Lipinski definition) is 1. The van der Waals surface area contributed by atoms with Crippen molar-refractivity contribution in [2.45, 2.75) is 13.5 Å². The average molecular weight is 416 g/mol. The maximum Gasteiger partial charge on any atom is 0.292 e. The molecule has 2 heterocycles. The lowest BCUT2D eigenvalue weighted by molar-refractivity contribution is 0.0997. The van der Waals surface area contributed by atoms with Gasteiger partial charge in [-0.1, -0.05) is 65.4 Å². The van der Waals surface area contributed by atoms with Crippen LogP contribution < -0.4 is 10.1 Å². The first kappa shape index (κ1) is 19.7. The molecule has 0 aliphatic carbocycles. The zero-order valence-corrected chi connectivity index (χ0v) is 17.4. The van der Waals surface area contributed by atoms with E-state index in [2.05, 4.69) is 16.5 Å². The van der Waals surface area contributed by atoms with Crippen LogP contribution in [0.4, 0.5) is 10.7 Å². The smallest absolute Gasteiger partial charge is 0.292 e. The largest absolute Gasteiger partial charge is 0.459 e. The van der Waals surface area contributed by atoms with Crippen molar-refractivity contribution < 1.29 is 9.21 Å². The van der Waals surface area contributed by atoms with E-state index in [1.165, 1.54) is 23.2 Å². The SMILES string of the molecule is C=CCn1c(-c2ccccc2)c(NC(=O)c2ccco2)sc1=Nc1ccc(C)cc1. The molecule has 0 saturated heterocycles. The van der Waals surface area contributed by atoms with Crippen LogP contribution in [0.2, 0.25) is 0 Å². The summed E-state index contributed by atoms with van der Waals surface area (Å²) in [6.07, 6.45) is 3.31. The second kappa shape index (κ2) is 8.80. The van der Waals surface area contributed by atoms with Crippen LogP contribution >= 0.6 is 11.3 Å². The van der Waals surface area contributed by atoms with Gasteiger partial charge in [0.25, 0.3) is 5.91 Å². The molecule has 0 spiro atoms. The molecular weight excluding hydrogens is 394 g/mol. The molecule has 0 radical (unpaired) electrons. The Kier molecular flexibility index (Phi) is 5.77. The lowest BCUT2D eigenvalue weighted by atomic mass is 10.1. The van der Waals surface area contributed by atoms with Gasteiger partial charge in [0.2, 0.25) is 0 Å². The summed E-state index contributed by atoms with van der Waals surface area (Å²) in [5.41, 5.74) is 3.89. The van der Waals surface area contributed by atoms with E-state index in [1.807, 2.05) is 67.6 Å². The highest BCUT2D eigenvalue weighted by Gasteiger charge is 2.19. The summed E-state index contributed by atoms with van der Waals surface area (Å²) in [7, 11) is 0. The predicted molar refractivity (Wildman–Crippen MR) is 121 cm³/mol. The van der Waals surface area contributed by atoms with Crippen molar-refractivity contribution in [2.24, 2.45) is 4.99 Å². The van der Waals surface area contributed by atoms with E-state index < -0.39 is 0 Å². The van der Waals surface area contributed by atoms with E-state index in [4.69, 9.17) is 9.41 Å². The van der Waals surface area contributed by atoms with Crippen LogP contribution in [0.15, 0.2) is 95.1 Å². The van der Waals surface area contributed by atoms with Gasteiger partial charge in [-0.05, 0) is 31.2 Å². The topological polar surface area (TPSA) is 59.5 Å². The van der Waals surface area contributed by atoms with Gasteiger partial charge in [0.05, 0.1) is 17.6 Å².